The zero-order chi connectivity index (χ0) is 19.9. The van der Waals surface area contributed by atoms with Crippen LogP contribution in [0.3, 0.4) is 0 Å². The van der Waals surface area contributed by atoms with Crippen molar-refractivity contribution in [3.8, 4) is 0 Å². The smallest absolute Gasteiger partial charge is 0.340 e. The van der Waals surface area contributed by atoms with Crippen molar-refractivity contribution in [2.24, 2.45) is 0 Å². The maximum Gasteiger partial charge on any atom is 0.340 e. The van der Waals surface area contributed by atoms with Crippen molar-refractivity contribution in [1.29, 1.82) is 0 Å². The van der Waals surface area contributed by atoms with E-state index in [1.807, 2.05) is 37.3 Å². The van der Waals surface area contributed by atoms with E-state index < -0.39 is 5.97 Å². The number of hydrogen-bond donors (Lipinski definition) is 2. The Morgan fingerprint density at radius 1 is 1.00 bits per heavy atom. The van der Waals surface area contributed by atoms with Gasteiger partial charge in [-0.15, -0.1) is 0 Å². The van der Waals surface area contributed by atoms with Crippen LogP contribution in [0.15, 0.2) is 67.0 Å². The summed E-state index contributed by atoms with van der Waals surface area (Å²) in [5.74, 6) is -0.674. The average molecular weight is 375 g/mol. The minimum atomic E-state index is -0.410. The van der Waals surface area contributed by atoms with E-state index in [0.717, 1.165) is 11.3 Å². The van der Waals surface area contributed by atoms with Gasteiger partial charge in [-0.25, -0.2) is 4.79 Å². The zero-order valence-electron chi connectivity index (χ0n) is 15.7. The molecule has 3 aromatic rings. The van der Waals surface area contributed by atoms with E-state index in [2.05, 4.69) is 15.6 Å². The van der Waals surface area contributed by atoms with Crippen molar-refractivity contribution in [2.75, 3.05) is 17.2 Å². The van der Waals surface area contributed by atoms with Crippen molar-refractivity contribution < 1.29 is 14.3 Å². The molecular formula is C22H21N3O3. The standard InChI is InChI=1S/C22H21N3O3/c1-3-28-22(27)19-9-4-5-10-20(19)24-18-12-16(13-23-14-18)21(26)25-17-8-6-7-15(2)11-17/h4-14,24H,3H2,1-2H3,(H,25,26). The van der Waals surface area contributed by atoms with E-state index in [0.29, 0.717) is 29.1 Å². The first-order chi connectivity index (χ1) is 13.6. The molecule has 1 heterocycles. The van der Waals surface area contributed by atoms with E-state index in [9.17, 15) is 9.59 Å². The second kappa shape index (κ2) is 8.81. The van der Waals surface area contributed by atoms with Crippen LogP contribution in [0.5, 0.6) is 0 Å². The molecule has 0 bridgehead atoms. The first-order valence-corrected chi connectivity index (χ1v) is 8.93. The van der Waals surface area contributed by atoms with Crippen molar-refractivity contribution in [1.82, 2.24) is 4.98 Å². The number of nitrogens with zero attached hydrogens (tertiary/aromatic N) is 1. The topological polar surface area (TPSA) is 80.3 Å². The largest absolute Gasteiger partial charge is 0.462 e. The Morgan fingerprint density at radius 3 is 2.61 bits per heavy atom. The molecule has 0 saturated carbocycles. The summed E-state index contributed by atoms with van der Waals surface area (Å²) in [6.45, 7) is 4.01. The lowest BCUT2D eigenvalue weighted by Gasteiger charge is -2.12. The van der Waals surface area contributed by atoms with Crippen molar-refractivity contribution in [3.05, 3.63) is 83.7 Å². The van der Waals surface area contributed by atoms with Crippen LogP contribution in [-0.2, 0) is 4.74 Å². The van der Waals surface area contributed by atoms with Crippen LogP contribution in [-0.4, -0.2) is 23.5 Å². The molecule has 0 spiro atoms. The number of amides is 1. The lowest BCUT2D eigenvalue weighted by atomic mass is 10.1. The molecule has 0 aliphatic rings. The number of hydrogen-bond acceptors (Lipinski definition) is 5. The SMILES string of the molecule is CCOC(=O)c1ccccc1Nc1cncc(C(=O)Nc2cccc(C)c2)c1. The number of carbonyl (C=O) groups is 2. The molecule has 0 unspecified atom stereocenters. The van der Waals surface area contributed by atoms with Crippen LogP contribution in [0, 0.1) is 6.92 Å². The first-order valence-electron chi connectivity index (χ1n) is 8.93. The number of anilines is 3. The molecule has 3 rings (SSSR count). The number of nitrogens with one attached hydrogen (secondary N) is 2. The molecule has 1 aromatic heterocycles. The lowest BCUT2D eigenvalue weighted by Crippen LogP contribution is -2.13. The third kappa shape index (κ3) is 4.73. The molecule has 0 fully saturated rings. The van der Waals surface area contributed by atoms with E-state index in [1.165, 1.54) is 6.20 Å². The van der Waals surface area contributed by atoms with Gasteiger partial charge >= 0.3 is 5.97 Å². The number of para-hydroxylation sites is 1. The Balaban J connectivity index is 1.79. The van der Waals surface area contributed by atoms with Gasteiger partial charge < -0.3 is 15.4 Å². The summed E-state index contributed by atoms with van der Waals surface area (Å²) >= 11 is 0. The predicted octanol–water partition coefficient (Wildman–Crippen LogP) is 4.56. The monoisotopic (exact) mass is 375 g/mol. The Labute approximate surface area is 163 Å². The van der Waals surface area contributed by atoms with Gasteiger partial charge in [0.1, 0.15) is 0 Å². The molecule has 2 aromatic carbocycles. The molecule has 0 radical (unpaired) electrons. The number of aromatic nitrogens is 1. The minimum absolute atomic E-state index is 0.263. The highest BCUT2D eigenvalue weighted by molar-refractivity contribution is 6.04. The van der Waals surface area contributed by atoms with Gasteiger partial charge in [0, 0.05) is 11.9 Å². The third-order valence-electron chi connectivity index (χ3n) is 3.98. The van der Waals surface area contributed by atoms with Gasteiger partial charge in [-0.2, -0.15) is 0 Å². The quantitative estimate of drug-likeness (QED) is 0.617. The number of pyridine rings is 1. The normalized spacial score (nSPS) is 10.2. The Bertz CT molecular complexity index is 1000. The number of esters is 1. The fourth-order valence-corrected chi connectivity index (χ4v) is 2.69. The van der Waals surface area contributed by atoms with Crippen molar-refractivity contribution in [2.45, 2.75) is 13.8 Å². The summed E-state index contributed by atoms with van der Waals surface area (Å²) in [6.07, 6.45) is 3.08. The Kier molecular flexibility index (Phi) is 6.01. The maximum atomic E-state index is 12.5. The first kappa shape index (κ1) is 19.1. The van der Waals surface area contributed by atoms with Gasteiger partial charge in [-0.3, -0.25) is 9.78 Å². The van der Waals surface area contributed by atoms with Crippen LogP contribution < -0.4 is 10.6 Å². The van der Waals surface area contributed by atoms with E-state index >= 15 is 0 Å². The maximum absolute atomic E-state index is 12.5. The highest BCUT2D eigenvalue weighted by Crippen LogP contribution is 2.22. The number of ether oxygens (including phenoxy) is 1. The molecule has 2 N–H and O–H groups in total. The summed E-state index contributed by atoms with van der Waals surface area (Å²) in [5.41, 5.74) is 3.77. The van der Waals surface area contributed by atoms with Gasteiger partial charge in [-0.05, 0) is 49.7 Å². The molecule has 0 saturated heterocycles. The molecule has 142 valence electrons. The summed E-state index contributed by atoms with van der Waals surface area (Å²) in [6, 6.07) is 16.3. The minimum Gasteiger partial charge on any atom is -0.462 e. The molecule has 28 heavy (non-hydrogen) atoms. The fraction of sp³-hybridized carbons (Fsp3) is 0.136. The van der Waals surface area contributed by atoms with E-state index in [4.69, 9.17) is 4.74 Å². The van der Waals surface area contributed by atoms with Crippen LogP contribution in [0.2, 0.25) is 0 Å². The summed E-state index contributed by atoms with van der Waals surface area (Å²) in [4.78, 5) is 28.8. The van der Waals surface area contributed by atoms with Gasteiger partial charge in [-0.1, -0.05) is 24.3 Å². The van der Waals surface area contributed by atoms with Gasteiger partial charge in [0.25, 0.3) is 5.91 Å². The zero-order valence-corrected chi connectivity index (χ0v) is 15.7. The molecule has 6 heteroatoms. The molecule has 1 amide bonds. The van der Waals surface area contributed by atoms with Crippen LogP contribution in [0.4, 0.5) is 17.1 Å². The highest BCUT2D eigenvalue weighted by atomic mass is 16.5. The van der Waals surface area contributed by atoms with Gasteiger partial charge in [0.15, 0.2) is 0 Å². The third-order valence-corrected chi connectivity index (χ3v) is 3.98. The van der Waals surface area contributed by atoms with Crippen LogP contribution >= 0.6 is 0 Å². The lowest BCUT2D eigenvalue weighted by molar-refractivity contribution is 0.0527. The highest BCUT2D eigenvalue weighted by Gasteiger charge is 2.13. The average Bonchev–Trinajstić information content (AvgIpc) is 2.69. The summed E-state index contributed by atoms with van der Waals surface area (Å²) in [5, 5.41) is 5.99. The number of benzene rings is 2. The summed E-state index contributed by atoms with van der Waals surface area (Å²) < 4.78 is 5.09. The van der Waals surface area contributed by atoms with Gasteiger partial charge in [0.05, 0.1) is 35.3 Å². The number of rotatable bonds is 6. The molecule has 0 aliphatic carbocycles. The summed E-state index contributed by atoms with van der Waals surface area (Å²) in [7, 11) is 0. The van der Waals surface area contributed by atoms with Crippen molar-refractivity contribution in [3.63, 3.8) is 0 Å². The van der Waals surface area contributed by atoms with E-state index in [-0.39, 0.29) is 5.91 Å². The number of aryl methyl sites for hydroxylation is 1. The van der Waals surface area contributed by atoms with Gasteiger partial charge in [0.2, 0.25) is 0 Å². The fourth-order valence-electron chi connectivity index (χ4n) is 2.69. The van der Waals surface area contributed by atoms with Crippen LogP contribution in [0.25, 0.3) is 0 Å². The molecule has 6 nitrogen and oxygen atoms in total. The predicted molar refractivity (Wildman–Crippen MR) is 109 cm³/mol. The molecule has 0 aliphatic heterocycles. The second-order valence-corrected chi connectivity index (χ2v) is 6.18. The van der Waals surface area contributed by atoms with Crippen LogP contribution in [0.1, 0.15) is 33.2 Å². The Hall–Kier alpha value is -3.67. The molecule has 0 atom stereocenters. The Morgan fingerprint density at radius 2 is 1.82 bits per heavy atom. The second-order valence-electron chi connectivity index (χ2n) is 6.18. The number of carbonyl (C=O) groups excluding carboxylic acids is 2. The molecular weight excluding hydrogens is 354 g/mol. The van der Waals surface area contributed by atoms with E-state index in [1.54, 1.807) is 37.4 Å². The van der Waals surface area contributed by atoms with Crippen molar-refractivity contribution >= 4 is 28.9 Å².